The minimum atomic E-state index is 0.628. The Morgan fingerprint density at radius 2 is 2.10 bits per heavy atom. The maximum Gasteiger partial charge on any atom is 0.0717 e. The van der Waals surface area contributed by atoms with Gasteiger partial charge in [-0.05, 0) is 30.9 Å². The van der Waals surface area contributed by atoms with Gasteiger partial charge < -0.3 is 9.47 Å². The number of ether oxygens (including phenoxy) is 2. The fraction of sp³-hybridized carbons (Fsp3) is 0.444. The summed E-state index contributed by atoms with van der Waals surface area (Å²) in [6.07, 6.45) is 19.0. The van der Waals surface area contributed by atoms with Crippen LogP contribution in [0.3, 0.4) is 0 Å². The van der Waals surface area contributed by atoms with Gasteiger partial charge in [0.2, 0.25) is 0 Å². The lowest BCUT2D eigenvalue weighted by Crippen LogP contribution is -2.07. The molecule has 20 heavy (non-hydrogen) atoms. The van der Waals surface area contributed by atoms with E-state index in [1.807, 2.05) is 6.92 Å². The molecule has 1 aliphatic carbocycles. The highest BCUT2D eigenvalue weighted by molar-refractivity contribution is 5.27. The lowest BCUT2D eigenvalue weighted by Gasteiger charge is -2.07. The van der Waals surface area contributed by atoms with Crippen molar-refractivity contribution in [1.29, 1.82) is 0 Å². The topological polar surface area (TPSA) is 18.5 Å². The van der Waals surface area contributed by atoms with E-state index in [0.29, 0.717) is 26.4 Å². The van der Waals surface area contributed by atoms with Gasteiger partial charge >= 0.3 is 0 Å². The van der Waals surface area contributed by atoms with Gasteiger partial charge in [-0.15, -0.1) is 0 Å². The summed E-state index contributed by atoms with van der Waals surface area (Å²) in [5.41, 5.74) is 2.42. The van der Waals surface area contributed by atoms with Crippen LogP contribution in [0.25, 0.3) is 0 Å². The van der Waals surface area contributed by atoms with E-state index in [2.05, 4.69) is 55.5 Å². The third-order valence-corrected chi connectivity index (χ3v) is 2.90. The Bertz CT molecular complexity index is 398. The summed E-state index contributed by atoms with van der Waals surface area (Å²) in [6.45, 7) is 6.73. The molecule has 0 spiro atoms. The second kappa shape index (κ2) is 11.4. The van der Waals surface area contributed by atoms with Crippen LogP contribution in [-0.4, -0.2) is 26.4 Å². The molecule has 0 saturated heterocycles. The van der Waals surface area contributed by atoms with Gasteiger partial charge in [0, 0.05) is 0 Å². The van der Waals surface area contributed by atoms with E-state index in [1.165, 1.54) is 11.1 Å². The first-order valence-electron chi connectivity index (χ1n) is 7.36. The zero-order valence-electron chi connectivity index (χ0n) is 12.7. The van der Waals surface area contributed by atoms with E-state index in [1.54, 1.807) is 0 Å². The molecule has 110 valence electrons. The van der Waals surface area contributed by atoms with Gasteiger partial charge in [-0.2, -0.15) is 0 Å². The Morgan fingerprint density at radius 3 is 2.90 bits per heavy atom. The average molecular weight is 274 g/mol. The molecule has 0 heterocycles. The van der Waals surface area contributed by atoms with Crippen molar-refractivity contribution in [2.75, 3.05) is 26.4 Å². The predicted molar refractivity (Wildman–Crippen MR) is 85.8 cm³/mol. The molecule has 2 heteroatoms. The number of allylic oxidation sites excluding steroid dienone is 6. The number of hydrogen-bond acceptors (Lipinski definition) is 2. The lowest BCUT2D eigenvalue weighted by atomic mass is 10.2. The molecular formula is C18H26O2. The van der Waals surface area contributed by atoms with E-state index >= 15 is 0 Å². The molecule has 0 aromatic rings. The maximum absolute atomic E-state index is 5.61. The van der Waals surface area contributed by atoms with Crippen LogP contribution < -0.4 is 0 Å². The molecule has 0 unspecified atom stereocenters. The Balaban J connectivity index is 2.09. The molecule has 0 bridgehead atoms. The van der Waals surface area contributed by atoms with Crippen molar-refractivity contribution in [3.8, 4) is 0 Å². The summed E-state index contributed by atoms with van der Waals surface area (Å²) in [6, 6.07) is 0. The standard InChI is InChI=1S/C18H26O2/c1-3-5-10-17(4-2)15-19-13-14-20-16-18-11-8-6-7-9-12-18/h4-6,8-12H,3,7,13-16H2,1-2H3/b10-5-,17-4+. The average Bonchev–Trinajstić information content (AvgIpc) is 2.74. The molecule has 0 saturated carbocycles. The van der Waals surface area contributed by atoms with Crippen molar-refractivity contribution in [3.63, 3.8) is 0 Å². The molecule has 0 fully saturated rings. The molecular weight excluding hydrogens is 248 g/mol. The van der Waals surface area contributed by atoms with Crippen LogP contribution in [0.15, 0.2) is 59.8 Å². The van der Waals surface area contributed by atoms with Crippen molar-refractivity contribution < 1.29 is 9.47 Å². The number of rotatable bonds is 9. The Hall–Kier alpha value is -1.38. The second-order valence-corrected chi connectivity index (χ2v) is 4.59. The monoisotopic (exact) mass is 274 g/mol. The van der Waals surface area contributed by atoms with Crippen LogP contribution in [0.2, 0.25) is 0 Å². The first-order valence-corrected chi connectivity index (χ1v) is 7.36. The smallest absolute Gasteiger partial charge is 0.0717 e. The molecule has 1 aliphatic rings. The fourth-order valence-corrected chi connectivity index (χ4v) is 1.71. The summed E-state index contributed by atoms with van der Waals surface area (Å²) >= 11 is 0. The molecule has 0 aliphatic heterocycles. The van der Waals surface area contributed by atoms with Crippen LogP contribution in [-0.2, 0) is 9.47 Å². The van der Waals surface area contributed by atoms with Gasteiger partial charge in [-0.25, -0.2) is 0 Å². The van der Waals surface area contributed by atoms with Crippen molar-refractivity contribution in [2.45, 2.75) is 26.7 Å². The SMILES string of the molecule is C/C=C(\C=C/CC)COCCOCC1=CC=CCC=C1. The van der Waals surface area contributed by atoms with Crippen LogP contribution in [0.1, 0.15) is 26.7 Å². The van der Waals surface area contributed by atoms with Crippen molar-refractivity contribution >= 4 is 0 Å². The van der Waals surface area contributed by atoms with Gasteiger partial charge in [-0.3, -0.25) is 0 Å². The lowest BCUT2D eigenvalue weighted by molar-refractivity contribution is 0.0673. The Morgan fingerprint density at radius 1 is 1.25 bits per heavy atom. The van der Waals surface area contributed by atoms with E-state index < -0.39 is 0 Å². The predicted octanol–water partition coefficient (Wildman–Crippen LogP) is 4.37. The van der Waals surface area contributed by atoms with Gasteiger partial charge in [0.05, 0.1) is 26.4 Å². The molecule has 0 aromatic carbocycles. The van der Waals surface area contributed by atoms with E-state index in [0.717, 1.165) is 12.8 Å². The largest absolute Gasteiger partial charge is 0.374 e. The zero-order valence-corrected chi connectivity index (χ0v) is 12.7. The van der Waals surface area contributed by atoms with Crippen molar-refractivity contribution in [1.82, 2.24) is 0 Å². The van der Waals surface area contributed by atoms with Crippen molar-refractivity contribution in [3.05, 3.63) is 59.8 Å². The molecule has 2 nitrogen and oxygen atoms in total. The van der Waals surface area contributed by atoms with Crippen LogP contribution in [0.5, 0.6) is 0 Å². The second-order valence-electron chi connectivity index (χ2n) is 4.59. The van der Waals surface area contributed by atoms with E-state index in [9.17, 15) is 0 Å². The summed E-state index contributed by atoms with van der Waals surface area (Å²) in [5, 5.41) is 0. The normalized spacial score (nSPS) is 15.7. The third-order valence-electron chi connectivity index (χ3n) is 2.90. The first kappa shape index (κ1) is 16.7. The van der Waals surface area contributed by atoms with Gasteiger partial charge in [0.15, 0.2) is 0 Å². The first-order chi connectivity index (χ1) is 9.86. The Kier molecular flexibility index (Phi) is 9.54. The Labute approximate surface area is 123 Å². The summed E-state index contributed by atoms with van der Waals surface area (Å²) < 4.78 is 11.2. The van der Waals surface area contributed by atoms with Gasteiger partial charge in [0.25, 0.3) is 0 Å². The third kappa shape index (κ3) is 7.93. The summed E-state index contributed by atoms with van der Waals surface area (Å²) in [5.74, 6) is 0. The molecule has 0 amide bonds. The minimum absolute atomic E-state index is 0.628. The summed E-state index contributed by atoms with van der Waals surface area (Å²) in [4.78, 5) is 0. The highest BCUT2D eigenvalue weighted by Gasteiger charge is 1.96. The quantitative estimate of drug-likeness (QED) is 0.459. The van der Waals surface area contributed by atoms with E-state index in [-0.39, 0.29) is 0 Å². The maximum atomic E-state index is 5.61. The van der Waals surface area contributed by atoms with Crippen LogP contribution in [0.4, 0.5) is 0 Å². The van der Waals surface area contributed by atoms with Crippen LogP contribution >= 0.6 is 0 Å². The van der Waals surface area contributed by atoms with Gasteiger partial charge in [-0.1, -0.05) is 55.5 Å². The molecule has 1 rings (SSSR count). The molecule has 0 atom stereocenters. The van der Waals surface area contributed by atoms with E-state index in [4.69, 9.17) is 9.47 Å². The van der Waals surface area contributed by atoms with Crippen LogP contribution in [0, 0.1) is 0 Å². The highest BCUT2D eigenvalue weighted by Crippen LogP contribution is 2.05. The van der Waals surface area contributed by atoms with Crippen molar-refractivity contribution in [2.24, 2.45) is 0 Å². The highest BCUT2D eigenvalue weighted by atomic mass is 16.5. The minimum Gasteiger partial charge on any atom is -0.374 e. The number of hydrogen-bond donors (Lipinski definition) is 0. The van der Waals surface area contributed by atoms with Gasteiger partial charge in [0.1, 0.15) is 0 Å². The molecule has 0 aromatic heterocycles. The summed E-state index contributed by atoms with van der Waals surface area (Å²) in [7, 11) is 0. The molecule has 0 N–H and O–H groups in total. The molecule has 0 radical (unpaired) electrons. The zero-order chi connectivity index (χ0) is 14.5. The fourth-order valence-electron chi connectivity index (χ4n) is 1.71.